The molecule has 0 rings (SSSR count). The number of carbonyl (C=O) groups is 4. The van der Waals surface area contributed by atoms with Gasteiger partial charge < -0.3 is 26.8 Å². The second-order valence-electron chi connectivity index (χ2n) is 7.42. The van der Waals surface area contributed by atoms with Gasteiger partial charge in [0.1, 0.15) is 18.1 Å². The van der Waals surface area contributed by atoms with Crippen molar-refractivity contribution < 1.29 is 24.3 Å². The summed E-state index contributed by atoms with van der Waals surface area (Å²) in [6, 6.07) is -3.58. The number of carboxylic acids is 1. The minimum atomic E-state index is -1.12. The van der Waals surface area contributed by atoms with Crippen molar-refractivity contribution in [1.29, 1.82) is 0 Å². The van der Waals surface area contributed by atoms with Crippen molar-refractivity contribution in [3.63, 3.8) is 0 Å². The number of nitrogens with two attached hydrogens (primary N) is 1. The lowest BCUT2D eigenvalue weighted by Crippen LogP contribution is -2.57. The first kappa shape index (κ1) is 24.8. The molecule has 0 aliphatic heterocycles. The topological polar surface area (TPSA) is 151 Å². The monoisotopic (exact) mass is 386 g/mol. The van der Waals surface area contributed by atoms with Crippen LogP contribution in [0.2, 0.25) is 0 Å². The van der Waals surface area contributed by atoms with Crippen LogP contribution in [0, 0.1) is 11.8 Å². The predicted octanol–water partition coefficient (Wildman–Crippen LogP) is -0.0153. The van der Waals surface area contributed by atoms with Crippen LogP contribution < -0.4 is 21.7 Å². The molecule has 0 heterocycles. The van der Waals surface area contributed by atoms with Crippen molar-refractivity contribution in [1.82, 2.24) is 16.0 Å². The highest BCUT2D eigenvalue weighted by atomic mass is 16.4. The molecule has 0 aromatic rings. The van der Waals surface area contributed by atoms with Crippen LogP contribution in [0.5, 0.6) is 0 Å². The van der Waals surface area contributed by atoms with E-state index in [1.165, 1.54) is 13.8 Å². The number of nitrogens with one attached hydrogen (secondary N) is 3. The number of rotatable bonds is 11. The van der Waals surface area contributed by atoms with Gasteiger partial charge in [-0.3, -0.25) is 14.4 Å². The van der Waals surface area contributed by atoms with Crippen molar-refractivity contribution in [2.75, 3.05) is 0 Å². The first-order chi connectivity index (χ1) is 12.4. The van der Waals surface area contributed by atoms with E-state index in [9.17, 15) is 24.3 Å². The molecule has 0 bridgehead atoms. The zero-order valence-corrected chi connectivity index (χ0v) is 17.0. The van der Waals surface area contributed by atoms with Crippen molar-refractivity contribution in [2.45, 2.75) is 78.6 Å². The smallest absolute Gasteiger partial charge is 0.326 e. The fourth-order valence-corrected chi connectivity index (χ4v) is 2.35. The van der Waals surface area contributed by atoms with Gasteiger partial charge in [-0.05, 0) is 32.1 Å². The summed E-state index contributed by atoms with van der Waals surface area (Å²) >= 11 is 0. The van der Waals surface area contributed by atoms with Crippen molar-refractivity contribution in [3.05, 3.63) is 0 Å². The summed E-state index contributed by atoms with van der Waals surface area (Å²) in [6.07, 6.45) is 0.914. The molecule has 0 aromatic carbocycles. The molecular formula is C18H34N4O5. The van der Waals surface area contributed by atoms with E-state index < -0.39 is 47.9 Å². The van der Waals surface area contributed by atoms with E-state index in [2.05, 4.69) is 16.0 Å². The van der Waals surface area contributed by atoms with Crippen LogP contribution in [0.1, 0.15) is 54.4 Å². The Morgan fingerprint density at radius 2 is 1.44 bits per heavy atom. The second-order valence-corrected chi connectivity index (χ2v) is 7.42. The molecule has 0 aliphatic rings. The Morgan fingerprint density at radius 1 is 0.889 bits per heavy atom. The van der Waals surface area contributed by atoms with E-state index >= 15 is 0 Å². The van der Waals surface area contributed by atoms with E-state index in [-0.39, 0.29) is 11.8 Å². The maximum Gasteiger partial charge on any atom is 0.326 e. The van der Waals surface area contributed by atoms with Gasteiger partial charge in [-0.2, -0.15) is 0 Å². The maximum absolute atomic E-state index is 12.6. The van der Waals surface area contributed by atoms with Crippen LogP contribution in [0.4, 0.5) is 0 Å². The lowest BCUT2D eigenvalue weighted by atomic mass is 9.97. The minimum Gasteiger partial charge on any atom is -0.480 e. The molecule has 0 aliphatic carbocycles. The number of hydrogen-bond donors (Lipinski definition) is 5. The molecule has 0 saturated heterocycles. The number of carboxylic acid groups (broad SMARTS) is 1. The van der Waals surface area contributed by atoms with E-state index in [1.54, 1.807) is 6.92 Å². The Kier molecular flexibility index (Phi) is 10.6. The Labute approximate surface area is 160 Å². The number of amides is 3. The molecule has 9 heteroatoms. The molecule has 9 nitrogen and oxygen atoms in total. The van der Waals surface area contributed by atoms with Crippen LogP contribution in [0.3, 0.4) is 0 Å². The van der Waals surface area contributed by atoms with Crippen LogP contribution in [-0.4, -0.2) is 53.0 Å². The molecule has 0 saturated carbocycles. The summed E-state index contributed by atoms with van der Waals surface area (Å²) in [5.41, 5.74) is 5.46. The Bertz CT molecular complexity index is 536. The van der Waals surface area contributed by atoms with Gasteiger partial charge in [0, 0.05) is 0 Å². The summed E-state index contributed by atoms with van der Waals surface area (Å²) < 4.78 is 0. The highest BCUT2D eigenvalue weighted by Gasteiger charge is 2.31. The van der Waals surface area contributed by atoms with Gasteiger partial charge in [0.05, 0.1) is 6.04 Å². The molecule has 0 radical (unpaired) electrons. The SMILES string of the molecule is CCC(C)C(NC(=O)C(CC(C)C)NC(=O)C(C)NC(=O)C(C)N)C(=O)O. The normalized spacial score (nSPS) is 16.6. The van der Waals surface area contributed by atoms with Crippen molar-refractivity contribution >= 4 is 23.7 Å². The van der Waals surface area contributed by atoms with Crippen LogP contribution >= 0.6 is 0 Å². The predicted molar refractivity (Wildman–Crippen MR) is 102 cm³/mol. The zero-order chi connectivity index (χ0) is 21.3. The molecule has 0 aromatic heterocycles. The largest absolute Gasteiger partial charge is 0.480 e. The minimum absolute atomic E-state index is 0.0851. The van der Waals surface area contributed by atoms with E-state index in [4.69, 9.17) is 5.73 Å². The van der Waals surface area contributed by atoms with Gasteiger partial charge in [-0.25, -0.2) is 4.79 Å². The second kappa shape index (κ2) is 11.5. The summed E-state index contributed by atoms with van der Waals surface area (Å²) in [5, 5.41) is 16.9. The van der Waals surface area contributed by atoms with Gasteiger partial charge in [0.2, 0.25) is 17.7 Å². The fourth-order valence-electron chi connectivity index (χ4n) is 2.35. The van der Waals surface area contributed by atoms with Gasteiger partial charge >= 0.3 is 5.97 Å². The third-order valence-electron chi connectivity index (χ3n) is 4.28. The number of aliphatic carboxylic acids is 1. The summed E-state index contributed by atoms with van der Waals surface area (Å²) in [5.74, 6) is -2.88. The average molecular weight is 386 g/mol. The van der Waals surface area contributed by atoms with Gasteiger partial charge in [-0.15, -0.1) is 0 Å². The Hall–Kier alpha value is -2.16. The first-order valence-corrected chi connectivity index (χ1v) is 9.30. The Balaban J connectivity index is 5.15. The number of carbonyl (C=O) groups excluding carboxylic acids is 3. The van der Waals surface area contributed by atoms with Gasteiger partial charge in [0.25, 0.3) is 0 Å². The number of hydrogen-bond acceptors (Lipinski definition) is 5. The molecule has 156 valence electrons. The first-order valence-electron chi connectivity index (χ1n) is 9.30. The van der Waals surface area contributed by atoms with E-state index in [0.717, 1.165) is 0 Å². The summed E-state index contributed by atoms with van der Waals surface area (Å²) in [6.45, 7) is 10.3. The van der Waals surface area contributed by atoms with E-state index in [0.29, 0.717) is 12.8 Å². The molecule has 6 N–H and O–H groups in total. The third kappa shape index (κ3) is 8.85. The van der Waals surface area contributed by atoms with Gasteiger partial charge in [-0.1, -0.05) is 34.1 Å². The quantitative estimate of drug-likeness (QED) is 0.337. The molecule has 0 fully saturated rings. The maximum atomic E-state index is 12.6. The van der Waals surface area contributed by atoms with Crippen LogP contribution in [0.25, 0.3) is 0 Å². The molecular weight excluding hydrogens is 352 g/mol. The fraction of sp³-hybridized carbons (Fsp3) is 0.778. The van der Waals surface area contributed by atoms with Crippen LogP contribution in [-0.2, 0) is 19.2 Å². The highest BCUT2D eigenvalue weighted by Crippen LogP contribution is 2.10. The van der Waals surface area contributed by atoms with Crippen molar-refractivity contribution in [2.24, 2.45) is 17.6 Å². The average Bonchev–Trinajstić information content (AvgIpc) is 2.56. The summed E-state index contributed by atoms with van der Waals surface area (Å²) in [7, 11) is 0. The Morgan fingerprint density at radius 3 is 1.85 bits per heavy atom. The molecule has 5 atom stereocenters. The lowest BCUT2D eigenvalue weighted by Gasteiger charge is -2.26. The standard InChI is InChI=1S/C18H34N4O5/c1-7-10(4)14(18(26)27)22-17(25)13(8-9(2)3)21-16(24)12(6)20-15(23)11(5)19/h9-14H,7-8,19H2,1-6H3,(H,20,23)(H,21,24)(H,22,25)(H,26,27). The van der Waals surface area contributed by atoms with E-state index in [1.807, 2.05) is 20.8 Å². The van der Waals surface area contributed by atoms with Crippen LogP contribution in [0.15, 0.2) is 0 Å². The van der Waals surface area contributed by atoms with Crippen molar-refractivity contribution in [3.8, 4) is 0 Å². The molecule has 3 amide bonds. The van der Waals surface area contributed by atoms with Gasteiger partial charge in [0.15, 0.2) is 0 Å². The third-order valence-corrected chi connectivity index (χ3v) is 4.28. The zero-order valence-electron chi connectivity index (χ0n) is 17.0. The highest BCUT2D eigenvalue weighted by molar-refractivity contribution is 5.93. The summed E-state index contributed by atoms with van der Waals surface area (Å²) in [4.78, 5) is 48.0. The molecule has 27 heavy (non-hydrogen) atoms. The lowest BCUT2D eigenvalue weighted by molar-refractivity contribution is -0.144. The molecule has 5 unspecified atom stereocenters. The molecule has 0 spiro atoms.